The summed E-state index contributed by atoms with van der Waals surface area (Å²) in [5, 5.41) is 0. The molecule has 1 aromatic rings. The van der Waals surface area contributed by atoms with Crippen molar-refractivity contribution in [1.29, 1.82) is 0 Å². The molecule has 1 aromatic heterocycles. The molecule has 2 atom stereocenters. The van der Waals surface area contributed by atoms with Crippen molar-refractivity contribution in [3.05, 3.63) is 36.5 Å². The molecule has 3 heterocycles. The summed E-state index contributed by atoms with van der Waals surface area (Å²) in [6, 6.07) is 4.09. The third-order valence-electron chi connectivity index (χ3n) is 4.56. The second-order valence-corrected chi connectivity index (χ2v) is 6.16. The van der Waals surface area contributed by atoms with E-state index < -0.39 is 11.9 Å². The predicted molar refractivity (Wildman–Crippen MR) is 86.9 cm³/mol. The topological polar surface area (TPSA) is 114 Å². The first-order valence-electron chi connectivity index (χ1n) is 8.16. The van der Waals surface area contributed by atoms with E-state index in [4.69, 9.17) is 5.73 Å². The lowest BCUT2D eigenvalue weighted by molar-refractivity contribution is -0.133. The van der Waals surface area contributed by atoms with Gasteiger partial charge in [0.25, 0.3) is 5.91 Å². The molecule has 0 aromatic carbocycles. The van der Waals surface area contributed by atoms with Gasteiger partial charge < -0.3 is 15.5 Å². The molecule has 2 unspecified atom stereocenters. The predicted octanol–water partition coefficient (Wildman–Crippen LogP) is -0.454. The summed E-state index contributed by atoms with van der Waals surface area (Å²) >= 11 is 0. The van der Waals surface area contributed by atoms with E-state index in [-0.39, 0.29) is 48.7 Å². The zero-order chi connectivity index (χ0) is 18.0. The van der Waals surface area contributed by atoms with Crippen molar-refractivity contribution in [2.24, 2.45) is 5.73 Å². The second-order valence-electron chi connectivity index (χ2n) is 6.16. The highest BCUT2D eigenvalue weighted by Crippen LogP contribution is 2.31. The van der Waals surface area contributed by atoms with E-state index in [0.717, 1.165) is 0 Å². The second kappa shape index (κ2) is 7.00. The minimum Gasteiger partial charge on any atom is -0.370 e. The van der Waals surface area contributed by atoms with Gasteiger partial charge in [-0.1, -0.05) is 6.07 Å². The third-order valence-corrected chi connectivity index (χ3v) is 4.56. The molecule has 2 aliphatic heterocycles. The molecule has 1 radical (unpaired) electrons. The molecule has 131 valence electrons. The number of pyridine rings is 1. The first-order valence-corrected chi connectivity index (χ1v) is 8.16. The number of carbonyl (C=O) groups is 4. The maximum atomic E-state index is 12.6. The number of nitrogens with two attached hydrogens (primary N) is 1. The number of hydrogen-bond acceptors (Lipinski definition) is 5. The number of Topliss-reactive ketones (excluding diaryl/α,β-unsaturated/α-hetero) is 1. The van der Waals surface area contributed by atoms with Gasteiger partial charge in [0, 0.05) is 19.2 Å². The maximum Gasteiger partial charge on any atom is 0.273 e. The van der Waals surface area contributed by atoms with Gasteiger partial charge in [-0.3, -0.25) is 24.2 Å². The lowest BCUT2D eigenvalue weighted by atomic mass is 10.1. The lowest BCUT2D eigenvalue weighted by Crippen LogP contribution is -2.43. The van der Waals surface area contributed by atoms with Gasteiger partial charge in [0.1, 0.15) is 11.7 Å². The number of nitrogens with zero attached hydrogens (tertiary/aromatic N) is 3. The number of likely N-dealkylation sites (tertiary alicyclic amines) is 2. The Morgan fingerprint density at radius 3 is 2.76 bits per heavy atom. The molecule has 3 amide bonds. The number of amides is 3. The van der Waals surface area contributed by atoms with Gasteiger partial charge in [-0.25, -0.2) is 0 Å². The molecule has 2 N–H and O–H groups in total. The van der Waals surface area contributed by atoms with Gasteiger partial charge in [0.15, 0.2) is 5.78 Å². The first-order chi connectivity index (χ1) is 12.0. The monoisotopic (exact) mass is 343 g/mol. The third kappa shape index (κ3) is 3.38. The number of aromatic nitrogens is 1. The zero-order valence-electron chi connectivity index (χ0n) is 13.6. The molecule has 25 heavy (non-hydrogen) atoms. The highest BCUT2D eigenvalue weighted by Gasteiger charge is 2.51. The minimum atomic E-state index is -0.620. The van der Waals surface area contributed by atoms with Crippen LogP contribution in [0.15, 0.2) is 24.4 Å². The fourth-order valence-corrected chi connectivity index (χ4v) is 3.43. The van der Waals surface area contributed by atoms with E-state index in [1.54, 1.807) is 18.2 Å². The molecular formula is C17H19N4O4. The maximum absolute atomic E-state index is 12.6. The summed E-state index contributed by atoms with van der Waals surface area (Å²) < 4.78 is 0. The minimum absolute atomic E-state index is 0.0180. The van der Waals surface area contributed by atoms with Crippen LogP contribution in [0.1, 0.15) is 29.8 Å². The van der Waals surface area contributed by atoms with Gasteiger partial charge in [-0.05, 0) is 25.0 Å². The SMILES string of the molecule is NC(=O)CC[CH]C(=O)N1CCC2C1C(=O)CN2C(=O)c1ccccn1. The average molecular weight is 343 g/mol. The van der Waals surface area contributed by atoms with Crippen LogP contribution in [0.2, 0.25) is 0 Å². The molecular weight excluding hydrogens is 324 g/mol. The Morgan fingerprint density at radius 2 is 2.08 bits per heavy atom. The summed E-state index contributed by atoms with van der Waals surface area (Å²) in [6.45, 7) is 0.384. The van der Waals surface area contributed by atoms with Crippen molar-refractivity contribution in [1.82, 2.24) is 14.8 Å². The quantitative estimate of drug-likeness (QED) is 0.777. The number of fused-ring (bicyclic) bond motifs is 1. The summed E-state index contributed by atoms with van der Waals surface area (Å²) in [5.74, 6) is -1.22. The Balaban J connectivity index is 1.68. The number of primary amides is 1. The molecule has 2 fully saturated rings. The largest absolute Gasteiger partial charge is 0.370 e. The zero-order valence-corrected chi connectivity index (χ0v) is 13.6. The van der Waals surface area contributed by atoms with Crippen LogP contribution in [0.3, 0.4) is 0 Å². The van der Waals surface area contributed by atoms with Crippen LogP contribution in [0.4, 0.5) is 0 Å². The Morgan fingerprint density at radius 1 is 1.28 bits per heavy atom. The molecule has 0 aliphatic carbocycles. The van der Waals surface area contributed by atoms with E-state index in [1.807, 2.05) is 0 Å². The number of rotatable bonds is 5. The molecule has 8 heteroatoms. The summed E-state index contributed by atoms with van der Waals surface area (Å²) in [7, 11) is 0. The van der Waals surface area contributed by atoms with Gasteiger partial charge in [0.05, 0.1) is 19.0 Å². The van der Waals surface area contributed by atoms with Crippen molar-refractivity contribution in [2.75, 3.05) is 13.1 Å². The van der Waals surface area contributed by atoms with Crippen molar-refractivity contribution in [3.63, 3.8) is 0 Å². The molecule has 3 rings (SSSR count). The van der Waals surface area contributed by atoms with E-state index in [2.05, 4.69) is 4.98 Å². The van der Waals surface area contributed by atoms with Crippen molar-refractivity contribution < 1.29 is 19.2 Å². The molecule has 2 aliphatic rings. The van der Waals surface area contributed by atoms with Crippen molar-refractivity contribution in [3.8, 4) is 0 Å². The molecule has 0 spiro atoms. The van der Waals surface area contributed by atoms with Crippen molar-refractivity contribution in [2.45, 2.75) is 31.3 Å². The Bertz CT molecular complexity index is 706. The standard InChI is InChI=1S/C17H19N4O4/c18-14(23)5-3-6-15(24)20-9-7-12-16(20)13(22)10-21(12)17(25)11-4-1-2-8-19-11/h1-2,4,6,8,12,16H,3,5,7,9-10H2,(H2,18,23). The number of ketones is 1. The van der Waals surface area contributed by atoms with Crippen LogP contribution in [-0.4, -0.2) is 63.5 Å². The Kier molecular flexibility index (Phi) is 4.78. The van der Waals surface area contributed by atoms with Gasteiger partial charge in [-0.2, -0.15) is 0 Å². The van der Waals surface area contributed by atoms with Crippen LogP contribution in [0.25, 0.3) is 0 Å². The molecule has 0 bridgehead atoms. The highest BCUT2D eigenvalue weighted by molar-refractivity contribution is 6.02. The van der Waals surface area contributed by atoms with Crippen LogP contribution < -0.4 is 5.73 Å². The van der Waals surface area contributed by atoms with Crippen LogP contribution >= 0.6 is 0 Å². The first kappa shape index (κ1) is 17.1. The van der Waals surface area contributed by atoms with Crippen LogP contribution in [-0.2, 0) is 14.4 Å². The summed E-state index contributed by atoms with van der Waals surface area (Å²) in [4.78, 5) is 55.1. The average Bonchev–Trinajstić information content (AvgIpc) is 3.16. The van der Waals surface area contributed by atoms with E-state index >= 15 is 0 Å². The van der Waals surface area contributed by atoms with Gasteiger partial charge in [-0.15, -0.1) is 0 Å². The Labute approximate surface area is 145 Å². The molecule has 8 nitrogen and oxygen atoms in total. The highest BCUT2D eigenvalue weighted by atomic mass is 16.2. The smallest absolute Gasteiger partial charge is 0.273 e. The Hall–Kier alpha value is -2.77. The van der Waals surface area contributed by atoms with Crippen LogP contribution in [0, 0.1) is 6.42 Å². The van der Waals surface area contributed by atoms with E-state index in [1.165, 1.54) is 22.4 Å². The number of carbonyl (C=O) groups excluding carboxylic acids is 4. The molecule has 0 saturated carbocycles. The number of hydrogen-bond donors (Lipinski definition) is 1. The van der Waals surface area contributed by atoms with Gasteiger partial charge in [0.2, 0.25) is 11.8 Å². The van der Waals surface area contributed by atoms with Crippen LogP contribution in [0.5, 0.6) is 0 Å². The summed E-state index contributed by atoms with van der Waals surface area (Å²) in [5.41, 5.74) is 5.34. The fourth-order valence-electron chi connectivity index (χ4n) is 3.43. The lowest BCUT2D eigenvalue weighted by Gasteiger charge is -2.24. The summed E-state index contributed by atoms with van der Waals surface area (Å²) in [6.07, 6.45) is 3.79. The van der Waals surface area contributed by atoms with E-state index in [0.29, 0.717) is 13.0 Å². The van der Waals surface area contributed by atoms with Crippen molar-refractivity contribution >= 4 is 23.5 Å². The molecule has 2 saturated heterocycles. The van der Waals surface area contributed by atoms with E-state index in [9.17, 15) is 19.2 Å². The van der Waals surface area contributed by atoms with Gasteiger partial charge >= 0.3 is 0 Å². The fraction of sp³-hybridized carbons (Fsp3) is 0.412. The normalized spacial score (nSPS) is 22.2.